The molecule has 0 spiro atoms. The number of pyridine rings is 3. The van der Waals surface area contributed by atoms with E-state index in [9.17, 15) is 0 Å². The van der Waals surface area contributed by atoms with E-state index in [1.165, 1.54) is 54.6 Å². The number of nitrogens with zero attached hydrogens (tertiary/aromatic N) is 3. The third-order valence-corrected chi connectivity index (χ3v) is 6.39. The van der Waals surface area contributed by atoms with Gasteiger partial charge in [-0.05, 0) is 53.5 Å². The zero-order valence-corrected chi connectivity index (χ0v) is 18.2. The van der Waals surface area contributed by atoms with Gasteiger partial charge in [0.25, 0.3) is 0 Å². The molecule has 0 aliphatic rings. The Kier molecular flexibility index (Phi) is 3.35. The molecule has 0 bridgehead atoms. The lowest BCUT2D eigenvalue weighted by molar-refractivity contribution is -0.643. The fourth-order valence-electron chi connectivity index (χ4n) is 5.30. The summed E-state index contributed by atoms with van der Waals surface area (Å²) >= 11 is 0. The molecule has 6 rings (SSSR count). The van der Waals surface area contributed by atoms with Crippen LogP contribution in [-0.4, -0.2) is 9.38 Å². The minimum absolute atomic E-state index is 0.234. The van der Waals surface area contributed by atoms with E-state index in [-0.39, 0.29) is 5.41 Å². The molecule has 3 nitrogen and oxygen atoms in total. The molecule has 0 aliphatic heterocycles. The maximum atomic E-state index is 4.84. The van der Waals surface area contributed by atoms with Crippen LogP contribution in [0.1, 0.15) is 31.9 Å². The van der Waals surface area contributed by atoms with Crippen molar-refractivity contribution in [2.24, 2.45) is 12.5 Å². The maximum Gasteiger partial charge on any atom is 0.224 e. The first-order chi connectivity index (χ1) is 14.3. The van der Waals surface area contributed by atoms with Crippen LogP contribution in [0.2, 0.25) is 0 Å². The van der Waals surface area contributed by atoms with Gasteiger partial charge < -0.3 is 0 Å². The lowest BCUT2D eigenvalue weighted by atomic mass is 9.87. The van der Waals surface area contributed by atoms with Crippen LogP contribution in [0, 0.1) is 12.3 Å². The number of aromatic nitrogens is 3. The first-order valence-corrected chi connectivity index (χ1v) is 10.7. The minimum atomic E-state index is 0.234. The van der Waals surface area contributed by atoms with Gasteiger partial charge in [0.05, 0.1) is 21.8 Å². The Labute approximate surface area is 175 Å². The Morgan fingerprint density at radius 1 is 1.00 bits per heavy atom. The summed E-state index contributed by atoms with van der Waals surface area (Å²) < 4.78 is 4.69. The Balaban J connectivity index is 1.98. The van der Waals surface area contributed by atoms with Gasteiger partial charge >= 0.3 is 0 Å². The summed E-state index contributed by atoms with van der Waals surface area (Å²) in [5.74, 6) is 0. The highest BCUT2D eigenvalue weighted by atomic mass is 15.0. The summed E-state index contributed by atoms with van der Waals surface area (Å²) in [7, 11) is 2.16. The SMILES string of the molecule is Cc1ccc2c3cccnc3n3c4cc(CC(C)(C)C)cc5cc[n+](C)c(c1c23)c54. The van der Waals surface area contributed by atoms with Gasteiger partial charge in [-0.1, -0.05) is 39.0 Å². The van der Waals surface area contributed by atoms with Gasteiger partial charge in [-0.25, -0.2) is 9.55 Å². The second-order valence-electron chi connectivity index (χ2n) is 9.96. The fourth-order valence-corrected chi connectivity index (χ4v) is 5.30. The van der Waals surface area contributed by atoms with Gasteiger partial charge in [-0.3, -0.25) is 4.40 Å². The molecule has 0 saturated carbocycles. The molecule has 0 amide bonds. The predicted molar refractivity (Wildman–Crippen MR) is 125 cm³/mol. The van der Waals surface area contributed by atoms with Gasteiger partial charge in [0.1, 0.15) is 12.7 Å². The Bertz CT molecular complexity index is 1610. The van der Waals surface area contributed by atoms with E-state index in [0.717, 1.165) is 12.1 Å². The second-order valence-corrected chi connectivity index (χ2v) is 9.96. The van der Waals surface area contributed by atoms with Gasteiger partial charge in [0, 0.05) is 23.0 Å². The average Bonchev–Trinajstić information content (AvgIpc) is 3.02. The maximum absolute atomic E-state index is 4.84. The molecule has 0 atom stereocenters. The summed E-state index contributed by atoms with van der Waals surface area (Å²) in [5.41, 5.74) is 7.82. The molecule has 0 N–H and O–H groups in total. The number of hydrogen-bond acceptors (Lipinski definition) is 1. The lowest BCUT2D eigenvalue weighted by Gasteiger charge is -2.20. The van der Waals surface area contributed by atoms with E-state index in [2.05, 4.69) is 86.3 Å². The van der Waals surface area contributed by atoms with Gasteiger partial charge in [0.15, 0.2) is 6.20 Å². The van der Waals surface area contributed by atoms with Crippen LogP contribution in [-0.2, 0) is 13.5 Å². The van der Waals surface area contributed by atoms with Gasteiger partial charge in [-0.2, -0.15) is 0 Å². The number of benzene rings is 2. The van der Waals surface area contributed by atoms with E-state index in [1.54, 1.807) is 0 Å². The van der Waals surface area contributed by atoms with Gasteiger partial charge in [0.2, 0.25) is 5.52 Å². The number of fused-ring (bicyclic) bond motifs is 5. The van der Waals surface area contributed by atoms with Crippen molar-refractivity contribution in [3.05, 3.63) is 66.0 Å². The zero-order valence-electron chi connectivity index (χ0n) is 18.2. The van der Waals surface area contributed by atoms with Crippen LogP contribution in [0.15, 0.2) is 54.9 Å². The van der Waals surface area contributed by atoms with Crippen molar-refractivity contribution >= 4 is 49.1 Å². The molecule has 148 valence electrons. The first-order valence-electron chi connectivity index (χ1n) is 10.7. The molecule has 4 aromatic heterocycles. The highest BCUT2D eigenvalue weighted by Crippen LogP contribution is 2.40. The van der Waals surface area contributed by atoms with Crippen molar-refractivity contribution in [3.63, 3.8) is 0 Å². The molecule has 0 radical (unpaired) electrons. The van der Waals surface area contributed by atoms with E-state index < -0.39 is 0 Å². The summed E-state index contributed by atoms with van der Waals surface area (Å²) in [6, 6.07) is 15.8. The molecule has 2 aromatic carbocycles. The van der Waals surface area contributed by atoms with Crippen LogP contribution in [0.4, 0.5) is 0 Å². The van der Waals surface area contributed by atoms with Crippen LogP contribution >= 0.6 is 0 Å². The van der Waals surface area contributed by atoms with Crippen LogP contribution in [0.3, 0.4) is 0 Å². The monoisotopic (exact) mass is 392 g/mol. The average molecular weight is 393 g/mol. The summed E-state index contributed by atoms with van der Waals surface area (Å²) in [4.78, 5) is 4.84. The molecule has 0 aliphatic carbocycles. The highest BCUT2D eigenvalue weighted by molar-refractivity contribution is 6.25. The molecule has 4 heterocycles. The molecule has 6 aromatic rings. The van der Waals surface area contributed by atoms with Crippen LogP contribution in [0.5, 0.6) is 0 Å². The second kappa shape index (κ2) is 5.69. The number of rotatable bonds is 1. The van der Waals surface area contributed by atoms with Crippen molar-refractivity contribution < 1.29 is 4.57 Å². The van der Waals surface area contributed by atoms with Crippen LogP contribution in [0.25, 0.3) is 49.1 Å². The lowest BCUT2D eigenvalue weighted by Crippen LogP contribution is -2.29. The van der Waals surface area contributed by atoms with E-state index in [1.807, 2.05) is 12.3 Å². The Morgan fingerprint density at radius 2 is 1.83 bits per heavy atom. The summed E-state index contributed by atoms with van der Waals surface area (Å²) in [6.07, 6.45) is 5.16. The smallest absolute Gasteiger partial charge is 0.224 e. The van der Waals surface area contributed by atoms with Crippen molar-refractivity contribution in [3.8, 4) is 0 Å². The van der Waals surface area contributed by atoms with Gasteiger partial charge in [-0.15, -0.1) is 0 Å². The van der Waals surface area contributed by atoms with E-state index in [4.69, 9.17) is 4.98 Å². The molecule has 0 saturated heterocycles. The molecular formula is C27H26N3+. The first kappa shape index (κ1) is 17.6. The topological polar surface area (TPSA) is 21.2 Å². The largest absolute Gasteiger partial charge is 0.292 e. The normalized spacial score (nSPS) is 13.0. The van der Waals surface area contributed by atoms with E-state index >= 15 is 0 Å². The fraction of sp³-hybridized carbons (Fsp3) is 0.259. The number of hydrogen-bond donors (Lipinski definition) is 0. The zero-order chi connectivity index (χ0) is 20.8. The third kappa shape index (κ3) is 2.26. The third-order valence-electron chi connectivity index (χ3n) is 6.39. The summed E-state index contributed by atoms with van der Waals surface area (Å²) in [5, 5.41) is 6.46. The standard InChI is InChI=1S/C27H26N3/c1-16-8-9-19-20-7-6-11-28-26(20)30-21-14-17(15-27(2,3)4)13-18-10-12-29(5)25(23(18)21)22(16)24(19)30/h6-14H,15H2,1-5H3/q+1. The Morgan fingerprint density at radius 3 is 2.63 bits per heavy atom. The molecular weight excluding hydrogens is 366 g/mol. The minimum Gasteiger partial charge on any atom is -0.292 e. The van der Waals surface area contributed by atoms with Crippen molar-refractivity contribution in [2.45, 2.75) is 34.1 Å². The quantitative estimate of drug-likeness (QED) is 0.188. The van der Waals surface area contributed by atoms with Crippen molar-refractivity contribution in [1.82, 2.24) is 9.38 Å². The molecule has 3 heteroatoms. The molecule has 30 heavy (non-hydrogen) atoms. The highest BCUT2D eigenvalue weighted by Gasteiger charge is 2.25. The van der Waals surface area contributed by atoms with Crippen molar-refractivity contribution in [2.75, 3.05) is 0 Å². The van der Waals surface area contributed by atoms with E-state index in [0.29, 0.717) is 0 Å². The number of aryl methyl sites for hydroxylation is 2. The molecule has 0 fully saturated rings. The molecule has 0 unspecified atom stereocenters. The summed E-state index contributed by atoms with van der Waals surface area (Å²) in [6.45, 7) is 9.15. The van der Waals surface area contributed by atoms with Crippen LogP contribution < -0.4 is 4.57 Å². The Hall–Kier alpha value is -3.20. The predicted octanol–water partition coefficient (Wildman–Crippen LogP) is 6.11. The van der Waals surface area contributed by atoms with Crippen molar-refractivity contribution in [1.29, 1.82) is 0 Å².